The van der Waals surface area contributed by atoms with E-state index in [-0.39, 0.29) is 5.69 Å². The van der Waals surface area contributed by atoms with E-state index in [1.165, 1.54) is 6.07 Å². The summed E-state index contributed by atoms with van der Waals surface area (Å²) in [6, 6.07) is 32.1. The third-order valence-corrected chi connectivity index (χ3v) is 5.70. The molecule has 1 amide bonds. The fourth-order valence-corrected chi connectivity index (χ4v) is 4.33. The molecule has 33 heavy (non-hydrogen) atoms. The predicted octanol–water partition coefficient (Wildman–Crippen LogP) is 7.18. The van der Waals surface area contributed by atoms with Gasteiger partial charge in [-0.05, 0) is 45.0 Å². The summed E-state index contributed by atoms with van der Waals surface area (Å²) >= 11 is 0. The van der Waals surface area contributed by atoms with Crippen LogP contribution in [0.5, 0.6) is 0 Å². The lowest BCUT2D eigenvalue weighted by atomic mass is 9.87. The molecule has 1 aliphatic carbocycles. The lowest BCUT2D eigenvalue weighted by Crippen LogP contribution is -2.30. The molecule has 0 atom stereocenters. The van der Waals surface area contributed by atoms with Crippen molar-refractivity contribution < 1.29 is 18.0 Å². The first kappa shape index (κ1) is 20.8. The number of anilines is 1. The van der Waals surface area contributed by atoms with Crippen molar-refractivity contribution in [1.29, 1.82) is 0 Å². The van der Waals surface area contributed by atoms with Crippen LogP contribution in [0.1, 0.15) is 22.3 Å². The number of para-hydroxylation sites is 1. The molecule has 0 saturated carbocycles. The molecule has 4 aromatic carbocycles. The van der Waals surface area contributed by atoms with Crippen LogP contribution >= 0.6 is 0 Å². The second kappa shape index (κ2) is 8.10. The van der Waals surface area contributed by atoms with Crippen molar-refractivity contribution in [2.75, 3.05) is 5.32 Å². The Kier molecular flexibility index (Phi) is 5.09. The number of alkyl halides is 3. The maximum Gasteiger partial charge on any atom is 0.471 e. The third kappa shape index (κ3) is 3.72. The molecule has 1 N–H and O–H groups in total. The first-order valence-electron chi connectivity index (χ1n) is 10.4. The second-order valence-corrected chi connectivity index (χ2v) is 7.70. The first-order chi connectivity index (χ1) is 15.9. The quantitative estimate of drug-likeness (QED) is 0.316. The molecule has 0 heterocycles. The topological polar surface area (TPSA) is 29.1 Å². The minimum atomic E-state index is -4.99. The van der Waals surface area contributed by atoms with Crippen LogP contribution in [0.3, 0.4) is 0 Å². The van der Waals surface area contributed by atoms with E-state index in [4.69, 9.17) is 0 Å². The summed E-state index contributed by atoms with van der Waals surface area (Å²) in [5.41, 5.74) is 7.25. The minimum absolute atomic E-state index is 0.105. The van der Waals surface area contributed by atoms with E-state index in [0.717, 1.165) is 39.0 Å². The Hall–Kier alpha value is -4.12. The highest BCUT2D eigenvalue weighted by molar-refractivity contribution is 6.15. The summed E-state index contributed by atoms with van der Waals surface area (Å²) in [6.45, 7) is 0. The molecule has 0 saturated heterocycles. The number of nitrogens with one attached hydrogen (secondary N) is 1. The van der Waals surface area contributed by atoms with Crippen molar-refractivity contribution in [1.82, 2.24) is 0 Å². The van der Waals surface area contributed by atoms with Gasteiger partial charge in [-0.15, -0.1) is 0 Å². The Labute approximate surface area is 189 Å². The number of carbonyl (C=O) groups excluding carboxylic acids is 1. The highest BCUT2D eigenvalue weighted by atomic mass is 19.4. The van der Waals surface area contributed by atoms with Crippen LogP contribution in [0.2, 0.25) is 0 Å². The molecular formula is C28H18F3NO. The van der Waals surface area contributed by atoms with Gasteiger partial charge in [0.05, 0.1) is 0 Å². The number of hydrogen-bond acceptors (Lipinski definition) is 1. The molecule has 0 unspecified atom stereocenters. The van der Waals surface area contributed by atoms with Crippen LogP contribution in [-0.2, 0) is 4.79 Å². The van der Waals surface area contributed by atoms with Crippen molar-refractivity contribution in [3.05, 3.63) is 125 Å². The van der Waals surface area contributed by atoms with E-state index in [1.54, 1.807) is 18.2 Å². The average Bonchev–Trinajstić information content (AvgIpc) is 3.15. The van der Waals surface area contributed by atoms with E-state index in [9.17, 15) is 18.0 Å². The van der Waals surface area contributed by atoms with Crippen LogP contribution in [0.15, 0.2) is 103 Å². The van der Waals surface area contributed by atoms with Gasteiger partial charge >= 0.3 is 12.1 Å². The molecule has 162 valence electrons. The van der Waals surface area contributed by atoms with E-state index >= 15 is 0 Å². The fourth-order valence-electron chi connectivity index (χ4n) is 4.33. The Morgan fingerprint density at radius 2 is 1.09 bits per heavy atom. The Morgan fingerprint density at radius 1 is 0.606 bits per heavy atom. The first-order valence-corrected chi connectivity index (χ1v) is 10.4. The molecule has 0 spiro atoms. The third-order valence-electron chi connectivity index (χ3n) is 5.70. The largest absolute Gasteiger partial charge is 0.471 e. The van der Waals surface area contributed by atoms with Crippen molar-refractivity contribution >= 4 is 22.7 Å². The SMILES string of the molecule is O=C(Nc1ccccc1C(=C1c2ccccc2-c2ccccc21)c1ccccc1)C(F)(F)F. The number of halogens is 3. The van der Waals surface area contributed by atoms with E-state index < -0.39 is 12.1 Å². The standard InChI is InChI=1S/C28H18F3NO/c29-28(30,31)27(33)32-24-17-9-8-16-23(24)25(18-10-2-1-3-11-18)26-21-14-6-4-12-19(21)20-13-5-7-15-22(20)26/h1-17H,(H,32,33). The maximum atomic E-state index is 13.1. The minimum Gasteiger partial charge on any atom is -0.318 e. The Balaban J connectivity index is 1.84. The zero-order chi connectivity index (χ0) is 23.0. The van der Waals surface area contributed by atoms with Gasteiger partial charge in [0.25, 0.3) is 0 Å². The summed E-state index contributed by atoms with van der Waals surface area (Å²) in [4.78, 5) is 11.8. The predicted molar refractivity (Wildman–Crippen MR) is 124 cm³/mol. The van der Waals surface area contributed by atoms with Crippen molar-refractivity contribution in [2.45, 2.75) is 6.18 Å². The van der Waals surface area contributed by atoms with Gasteiger partial charge in [-0.2, -0.15) is 13.2 Å². The van der Waals surface area contributed by atoms with Gasteiger partial charge in [0, 0.05) is 11.3 Å². The normalized spacial score (nSPS) is 12.2. The molecule has 0 aliphatic heterocycles. The molecule has 5 heteroatoms. The molecule has 4 aromatic rings. The number of fused-ring (bicyclic) bond motifs is 3. The lowest BCUT2D eigenvalue weighted by molar-refractivity contribution is -0.167. The van der Waals surface area contributed by atoms with Gasteiger partial charge in [-0.25, -0.2) is 0 Å². The Morgan fingerprint density at radius 3 is 1.67 bits per heavy atom. The van der Waals surface area contributed by atoms with Gasteiger partial charge in [0.2, 0.25) is 0 Å². The van der Waals surface area contributed by atoms with Crippen LogP contribution < -0.4 is 5.32 Å². The summed E-state index contributed by atoms with van der Waals surface area (Å²) in [7, 11) is 0. The molecule has 0 aromatic heterocycles. The van der Waals surface area contributed by atoms with Gasteiger partial charge < -0.3 is 5.32 Å². The lowest BCUT2D eigenvalue weighted by Gasteiger charge is -2.19. The van der Waals surface area contributed by atoms with Crippen molar-refractivity contribution in [2.24, 2.45) is 0 Å². The monoisotopic (exact) mass is 441 g/mol. The smallest absolute Gasteiger partial charge is 0.318 e. The van der Waals surface area contributed by atoms with Crippen LogP contribution in [-0.4, -0.2) is 12.1 Å². The molecule has 5 rings (SSSR count). The zero-order valence-electron chi connectivity index (χ0n) is 17.4. The average molecular weight is 441 g/mol. The molecule has 0 bridgehead atoms. The molecule has 0 radical (unpaired) electrons. The number of rotatable bonds is 3. The summed E-state index contributed by atoms with van der Waals surface area (Å²) in [5, 5.41) is 2.07. The molecule has 0 fully saturated rings. The molecule has 2 nitrogen and oxygen atoms in total. The van der Waals surface area contributed by atoms with Gasteiger partial charge in [-0.1, -0.05) is 97.1 Å². The van der Waals surface area contributed by atoms with E-state index in [0.29, 0.717) is 5.56 Å². The van der Waals surface area contributed by atoms with Crippen LogP contribution in [0.4, 0.5) is 18.9 Å². The van der Waals surface area contributed by atoms with Crippen LogP contribution in [0.25, 0.3) is 22.3 Å². The van der Waals surface area contributed by atoms with Gasteiger partial charge in [0.1, 0.15) is 0 Å². The Bertz CT molecular complexity index is 1340. The summed E-state index contributed by atoms with van der Waals surface area (Å²) in [6.07, 6.45) is -4.99. The fraction of sp³-hybridized carbons (Fsp3) is 0.0357. The highest BCUT2D eigenvalue weighted by Gasteiger charge is 2.39. The maximum absolute atomic E-state index is 13.1. The van der Waals surface area contributed by atoms with Crippen molar-refractivity contribution in [3.8, 4) is 11.1 Å². The molecule has 1 aliphatic rings. The van der Waals surface area contributed by atoms with Gasteiger partial charge in [0.15, 0.2) is 0 Å². The van der Waals surface area contributed by atoms with E-state index in [2.05, 4.69) is 5.32 Å². The summed E-state index contributed by atoms with van der Waals surface area (Å²) < 4.78 is 39.2. The van der Waals surface area contributed by atoms with Gasteiger partial charge in [-0.3, -0.25) is 4.79 Å². The highest BCUT2D eigenvalue weighted by Crippen LogP contribution is 2.49. The molecular weight excluding hydrogens is 423 g/mol. The zero-order valence-corrected chi connectivity index (χ0v) is 17.4. The number of amides is 1. The van der Waals surface area contributed by atoms with E-state index in [1.807, 2.05) is 78.9 Å². The second-order valence-electron chi connectivity index (χ2n) is 7.70. The number of benzene rings is 4. The summed E-state index contributed by atoms with van der Waals surface area (Å²) in [5.74, 6) is -2.00. The van der Waals surface area contributed by atoms with Crippen molar-refractivity contribution in [3.63, 3.8) is 0 Å². The van der Waals surface area contributed by atoms with Crippen LogP contribution in [0, 0.1) is 0 Å². The number of hydrogen-bond donors (Lipinski definition) is 1. The number of carbonyl (C=O) groups is 1.